The first-order valence-corrected chi connectivity index (χ1v) is 7.65. The van der Waals surface area contributed by atoms with Gasteiger partial charge in [0.2, 0.25) is 0 Å². The first kappa shape index (κ1) is 15.1. The van der Waals surface area contributed by atoms with Crippen LogP contribution in [0.4, 0.5) is 5.69 Å². The maximum Gasteiger partial charge on any atom is 0.250 e. The molecule has 1 fully saturated rings. The third-order valence-electron chi connectivity index (χ3n) is 4.15. The van der Waals surface area contributed by atoms with Gasteiger partial charge in [-0.05, 0) is 31.2 Å². The first-order valence-electron chi connectivity index (χ1n) is 7.65. The number of nitrogens with one attached hydrogen (secondary N) is 1. The average Bonchev–Trinajstić information content (AvgIpc) is 2.64. The van der Waals surface area contributed by atoms with Crippen LogP contribution in [0.5, 0.6) is 0 Å². The molecule has 1 saturated carbocycles. The summed E-state index contributed by atoms with van der Waals surface area (Å²) in [5, 5.41) is 3.58. The molecule has 0 spiro atoms. The van der Waals surface area contributed by atoms with E-state index in [0.717, 1.165) is 11.6 Å². The van der Waals surface area contributed by atoms with Crippen molar-refractivity contribution >= 4 is 5.69 Å². The van der Waals surface area contributed by atoms with Crippen LogP contribution in [-0.4, -0.2) is 24.3 Å². The first-order chi connectivity index (χ1) is 9.69. The maximum absolute atomic E-state index is 11.7. The third kappa shape index (κ3) is 4.37. The summed E-state index contributed by atoms with van der Waals surface area (Å²) >= 11 is 0. The molecule has 1 N–H and O–H groups in total. The van der Waals surface area contributed by atoms with Crippen LogP contribution in [0.2, 0.25) is 0 Å². The highest BCUT2D eigenvalue weighted by Crippen LogP contribution is 2.24. The molecule has 0 radical (unpaired) electrons. The molecule has 0 aliphatic heterocycles. The average molecular weight is 278 g/mol. The van der Waals surface area contributed by atoms with Crippen LogP contribution in [0.25, 0.3) is 0 Å². The van der Waals surface area contributed by atoms with Gasteiger partial charge in [-0.2, -0.15) is 0 Å². The van der Waals surface area contributed by atoms with Gasteiger partial charge >= 0.3 is 0 Å². The van der Waals surface area contributed by atoms with E-state index >= 15 is 0 Å². The van der Waals surface area contributed by atoms with Crippen LogP contribution in [0.1, 0.15) is 39.0 Å². The number of hydrogen-bond donors (Lipinski definition) is 1. The maximum atomic E-state index is 11.7. The number of pyridine rings is 1. The molecule has 0 amide bonds. The lowest BCUT2D eigenvalue weighted by Crippen LogP contribution is -2.24. The predicted molar refractivity (Wildman–Crippen MR) is 82.2 cm³/mol. The molecule has 112 valence electrons. The second-order valence-electron chi connectivity index (χ2n) is 5.90. The van der Waals surface area contributed by atoms with Crippen molar-refractivity contribution in [2.75, 3.05) is 19.0 Å². The van der Waals surface area contributed by atoms with Gasteiger partial charge in [0.15, 0.2) is 0 Å². The van der Waals surface area contributed by atoms with Gasteiger partial charge in [-0.15, -0.1) is 0 Å². The fourth-order valence-electron chi connectivity index (χ4n) is 2.85. The quantitative estimate of drug-likeness (QED) is 0.842. The molecular weight excluding hydrogens is 252 g/mol. The van der Waals surface area contributed by atoms with E-state index in [1.165, 1.54) is 32.1 Å². The van der Waals surface area contributed by atoms with Crippen LogP contribution >= 0.6 is 0 Å². The Kier molecular flexibility index (Phi) is 5.65. The molecule has 1 heterocycles. The zero-order valence-corrected chi connectivity index (χ0v) is 12.6. The molecule has 0 saturated heterocycles. The number of anilines is 1. The second-order valence-corrected chi connectivity index (χ2v) is 5.90. The Bertz CT molecular complexity index is 470. The van der Waals surface area contributed by atoms with E-state index < -0.39 is 0 Å². The molecule has 1 aromatic heterocycles. The van der Waals surface area contributed by atoms with Crippen molar-refractivity contribution in [3.8, 4) is 0 Å². The summed E-state index contributed by atoms with van der Waals surface area (Å²) in [4.78, 5) is 11.7. The highest BCUT2D eigenvalue weighted by molar-refractivity contribution is 5.41. The van der Waals surface area contributed by atoms with Gasteiger partial charge in [-0.25, -0.2) is 0 Å². The highest BCUT2D eigenvalue weighted by Gasteiger charge is 2.16. The third-order valence-corrected chi connectivity index (χ3v) is 4.15. The Hall–Kier alpha value is -1.29. The Morgan fingerprint density at radius 3 is 2.95 bits per heavy atom. The van der Waals surface area contributed by atoms with Crippen molar-refractivity contribution in [2.24, 2.45) is 5.92 Å². The fourth-order valence-corrected chi connectivity index (χ4v) is 2.85. The standard InChI is InChI=1S/C16H26N2O2/c1-13-4-3-5-14(7-6-13)17-15-8-9-16(19)18(12-15)10-11-20-2/h8-9,12-14,17H,3-7,10-11H2,1-2H3. The molecule has 4 heteroatoms. The smallest absolute Gasteiger partial charge is 0.250 e. The van der Waals surface area contributed by atoms with Crippen molar-refractivity contribution in [3.63, 3.8) is 0 Å². The summed E-state index contributed by atoms with van der Waals surface area (Å²) in [6.07, 6.45) is 8.28. The fraction of sp³-hybridized carbons (Fsp3) is 0.688. The van der Waals surface area contributed by atoms with Gasteiger partial charge in [0.1, 0.15) is 0 Å². The minimum absolute atomic E-state index is 0.0297. The van der Waals surface area contributed by atoms with Crippen molar-refractivity contribution < 1.29 is 4.74 Å². The molecule has 1 aliphatic rings. The lowest BCUT2D eigenvalue weighted by Gasteiger charge is -2.18. The van der Waals surface area contributed by atoms with Gasteiger partial charge in [-0.3, -0.25) is 4.79 Å². The number of nitrogens with zero attached hydrogens (tertiary/aromatic N) is 1. The molecule has 0 bridgehead atoms. The van der Waals surface area contributed by atoms with E-state index in [2.05, 4.69) is 12.2 Å². The molecule has 1 aromatic rings. The summed E-state index contributed by atoms with van der Waals surface area (Å²) in [6, 6.07) is 4.06. The SMILES string of the molecule is COCCn1cc(NC2CCCC(C)CC2)ccc1=O. The van der Waals surface area contributed by atoms with Gasteiger partial charge in [0.25, 0.3) is 5.56 Å². The van der Waals surface area contributed by atoms with Gasteiger partial charge in [0.05, 0.1) is 12.3 Å². The molecule has 2 unspecified atom stereocenters. The largest absolute Gasteiger partial charge is 0.383 e. The van der Waals surface area contributed by atoms with E-state index in [1.807, 2.05) is 12.3 Å². The van der Waals surface area contributed by atoms with Crippen LogP contribution in [0.15, 0.2) is 23.1 Å². The normalized spacial score (nSPS) is 23.3. The Morgan fingerprint density at radius 2 is 2.15 bits per heavy atom. The number of methoxy groups -OCH3 is 1. The van der Waals surface area contributed by atoms with E-state index in [-0.39, 0.29) is 5.56 Å². The second kappa shape index (κ2) is 7.48. The Labute approximate surface area is 121 Å². The number of aromatic nitrogens is 1. The van der Waals surface area contributed by atoms with Crippen LogP contribution in [-0.2, 0) is 11.3 Å². The molecule has 1 aliphatic carbocycles. The summed E-state index contributed by atoms with van der Waals surface area (Å²) < 4.78 is 6.75. The highest BCUT2D eigenvalue weighted by atomic mass is 16.5. The van der Waals surface area contributed by atoms with Gasteiger partial charge in [0, 0.05) is 32.0 Å². The number of rotatable bonds is 5. The van der Waals surface area contributed by atoms with Crippen molar-refractivity contribution in [1.29, 1.82) is 0 Å². The monoisotopic (exact) mass is 278 g/mol. The summed E-state index contributed by atoms with van der Waals surface area (Å²) in [5.74, 6) is 0.845. The van der Waals surface area contributed by atoms with E-state index in [4.69, 9.17) is 4.74 Å². The summed E-state index contributed by atoms with van der Waals surface area (Å²) in [5.41, 5.74) is 1.07. The van der Waals surface area contributed by atoms with E-state index in [1.54, 1.807) is 17.7 Å². The van der Waals surface area contributed by atoms with Crippen molar-refractivity contribution in [1.82, 2.24) is 4.57 Å². The molecule has 2 rings (SSSR count). The lowest BCUT2D eigenvalue weighted by molar-refractivity contribution is 0.186. The zero-order chi connectivity index (χ0) is 14.4. The Balaban J connectivity index is 1.99. The minimum atomic E-state index is 0.0297. The van der Waals surface area contributed by atoms with Crippen LogP contribution < -0.4 is 10.9 Å². The zero-order valence-electron chi connectivity index (χ0n) is 12.6. The lowest BCUT2D eigenvalue weighted by atomic mass is 10.0. The topological polar surface area (TPSA) is 43.3 Å². The van der Waals surface area contributed by atoms with E-state index in [9.17, 15) is 4.79 Å². The summed E-state index contributed by atoms with van der Waals surface area (Å²) in [6.45, 7) is 3.50. The Morgan fingerprint density at radius 1 is 1.30 bits per heavy atom. The van der Waals surface area contributed by atoms with Gasteiger partial charge in [-0.1, -0.05) is 19.8 Å². The van der Waals surface area contributed by atoms with Crippen LogP contribution in [0.3, 0.4) is 0 Å². The molecule has 2 atom stereocenters. The molecular formula is C16H26N2O2. The van der Waals surface area contributed by atoms with Crippen LogP contribution in [0, 0.1) is 5.92 Å². The minimum Gasteiger partial charge on any atom is -0.383 e. The molecule has 20 heavy (non-hydrogen) atoms. The summed E-state index contributed by atoms with van der Waals surface area (Å²) in [7, 11) is 1.65. The van der Waals surface area contributed by atoms with Crippen molar-refractivity contribution in [3.05, 3.63) is 28.7 Å². The van der Waals surface area contributed by atoms with Gasteiger partial charge < -0.3 is 14.6 Å². The van der Waals surface area contributed by atoms with E-state index in [0.29, 0.717) is 19.2 Å². The number of hydrogen-bond acceptors (Lipinski definition) is 3. The molecule has 0 aromatic carbocycles. The molecule has 4 nitrogen and oxygen atoms in total. The van der Waals surface area contributed by atoms with Crippen molar-refractivity contribution in [2.45, 2.75) is 51.6 Å². The predicted octanol–water partition coefficient (Wildman–Crippen LogP) is 2.88. The number of ether oxygens (including phenoxy) is 1.